The quantitative estimate of drug-likeness (QED) is 0.890. The van der Waals surface area contributed by atoms with Gasteiger partial charge in [0.2, 0.25) is 0 Å². The zero-order valence-electron chi connectivity index (χ0n) is 13.0. The number of aliphatic hydroxyl groups is 1. The predicted octanol–water partition coefficient (Wildman–Crippen LogP) is 2.65. The number of rotatable bonds is 5. The van der Waals surface area contributed by atoms with Crippen molar-refractivity contribution in [3.8, 4) is 0 Å². The number of anilines is 1. The number of halogens is 2. The van der Waals surface area contributed by atoms with Gasteiger partial charge in [-0.25, -0.2) is 8.78 Å². The van der Waals surface area contributed by atoms with E-state index in [1.54, 1.807) is 13.1 Å². The highest BCUT2D eigenvalue weighted by atomic mass is 19.2. The lowest BCUT2D eigenvalue weighted by atomic mass is 9.98. The monoisotopic (exact) mass is 318 g/mol. The van der Waals surface area contributed by atoms with Gasteiger partial charge in [0.25, 0.3) is 0 Å². The van der Waals surface area contributed by atoms with Crippen molar-refractivity contribution in [3.63, 3.8) is 0 Å². The van der Waals surface area contributed by atoms with E-state index in [9.17, 15) is 13.9 Å². The largest absolute Gasteiger partial charge is 0.389 e. The Morgan fingerprint density at radius 2 is 1.96 bits per heavy atom. The van der Waals surface area contributed by atoms with Gasteiger partial charge < -0.3 is 15.3 Å². The molecule has 0 saturated heterocycles. The molecule has 0 radical (unpaired) electrons. The van der Waals surface area contributed by atoms with E-state index in [0.29, 0.717) is 12.1 Å². The van der Waals surface area contributed by atoms with Crippen molar-refractivity contribution in [2.75, 3.05) is 25.0 Å². The Balaban J connectivity index is 2.01. The number of hydrogen-bond acceptors (Lipinski definition) is 3. The molecule has 2 atom stereocenters. The van der Waals surface area contributed by atoms with E-state index in [2.05, 4.69) is 16.3 Å². The van der Waals surface area contributed by atoms with Gasteiger partial charge in [0.1, 0.15) is 0 Å². The van der Waals surface area contributed by atoms with Crippen LogP contribution in [0.1, 0.15) is 17.2 Å². The SMILES string of the molecule is CNCC(O)[C@H](c1ccc(F)c(F)c1)N1CCc2ccccc21. The molecular weight excluding hydrogens is 298 g/mol. The molecule has 122 valence electrons. The molecule has 2 aromatic rings. The van der Waals surface area contributed by atoms with Gasteiger partial charge >= 0.3 is 0 Å². The molecular formula is C18H20F2N2O. The number of benzene rings is 2. The lowest BCUT2D eigenvalue weighted by Crippen LogP contribution is -2.40. The normalized spacial score (nSPS) is 16.3. The number of hydrogen-bond donors (Lipinski definition) is 2. The average molecular weight is 318 g/mol. The van der Waals surface area contributed by atoms with Gasteiger partial charge in [0.15, 0.2) is 11.6 Å². The van der Waals surface area contributed by atoms with Crippen LogP contribution in [0, 0.1) is 11.6 Å². The van der Waals surface area contributed by atoms with E-state index in [4.69, 9.17) is 0 Å². The lowest BCUT2D eigenvalue weighted by Gasteiger charge is -2.34. The number of aliphatic hydroxyl groups excluding tert-OH is 1. The van der Waals surface area contributed by atoms with Crippen LogP contribution >= 0.6 is 0 Å². The zero-order chi connectivity index (χ0) is 16.4. The maximum atomic E-state index is 13.7. The zero-order valence-corrected chi connectivity index (χ0v) is 13.0. The topological polar surface area (TPSA) is 35.5 Å². The minimum atomic E-state index is -0.892. The third-order valence-corrected chi connectivity index (χ3v) is 4.32. The minimum absolute atomic E-state index is 0.363. The van der Waals surface area contributed by atoms with Crippen LogP contribution < -0.4 is 10.2 Å². The molecule has 2 aromatic carbocycles. The second-order valence-corrected chi connectivity index (χ2v) is 5.82. The van der Waals surface area contributed by atoms with Gasteiger partial charge in [-0.1, -0.05) is 24.3 Å². The van der Waals surface area contributed by atoms with Crippen molar-refractivity contribution < 1.29 is 13.9 Å². The van der Waals surface area contributed by atoms with E-state index in [0.717, 1.165) is 24.7 Å². The molecule has 0 fully saturated rings. The highest BCUT2D eigenvalue weighted by molar-refractivity contribution is 5.59. The van der Waals surface area contributed by atoms with Crippen LogP contribution in [0.4, 0.5) is 14.5 Å². The van der Waals surface area contributed by atoms with Crippen molar-refractivity contribution in [2.24, 2.45) is 0 Å². The first kappa shape index (κ1) is 15.9. The van der Waals surface area contributed by atoms with E-state index < -0.39 is 23.8 Å². The predicted molar refractivity (Wildman–Crippen MR) is 86.5 cm³/mol. The summed E-state index contributed by atoms with van der Waals surface area (Å²) in [5.74, 6) is -1.77. The standard InChI is InChI=1S/C18H20F2N2O/c1-21-11-17(23)18(13-6-7-14(19)15(20)10-13)22-9-8-12-4-2-3-5-16(12)22/h2-7,10,17-18,21,23H,8-9,11H2,1H3/t17?,18-/m0/s1. The summed E-state index contributed by atoms with van der Waals surface area (Å²) in [7, 11) is 1.75. The molecule has 1 aliphatic rings. The van der Waals surface area contributed by atoms with Crippen molar-refractivity contribution >= 4 is 5.69 Å². The smallest absolute Gasteiger partial charge is 0.159 e. The molecule has 3 rings (SSSR count). The summed E-state index contributed by atoms with van der Waals surface area (Å²) in [6.45, 7) is 1.10. The Kier molecular flexibility index (Phi) is 4.59. The van der Waals surface area contributed by atoms with Crippen molar-refractivity contribution in [2.45, 2.75) is 18.6 Å². The molecule has 23 heavy (non-hydrogen) atoms. The van der Waals surface area contributed by atoms with Gasteiger partial charge in [-0.15, -0.1) is 0 Å². The Morgan fingerprint density at radius 1 is 1.17 bits per heavy atom. The molecule has 1 aliphatic heterocycles. The molecule has 3 nitrogen and oxygen atoms in total. The first-order valence-corrected chi connectivity index (χ1v) is 7.74. The van der Waals surface area contributed by atoms with Crippen molar-refractivity contribution in [1.82, 2.24) is 5.32 Å². The molecule has 0 aliphatic carbocycles. The molecule has 1 unspecified atom stereocenters. The van der Waals surface area contributed by atoms with Gasteiger partial charge in [-0.05, 0) is 42.8 Å². The van der Waals surface area contributed by atoms with Gasteiger partial charge in [0.05, 0.1) is 12.1 Å². The fourth-order valence-corrected chi connectivity index (χ4v) is 3.28. The Hall–Kier alpha value is -1.98. The van der Waals surface area contributed by atoms with E-state index >= 15 is 0 Å². The molecule has 5 heteroatoms. The van der Waals surface area contributed by atoms with E-state index in [-0.39, 0.29) is 0 Å². The lowest BCUT2D eigenvalue weighted by molar-refractivity contribution is 0.141. The number of nitrogens with zero attached hydrogens (tertiary/aromatic N) is 1. The maximum Gasteiger partial charge on any atom is 0.159 e. The third-order valence-electron chi connectivity index (χ3n) is 4.32. The third kappa shape index (κ3) is 3.07. The highest BCUT2D eigenvalue weighted by Gasteiger charge is 2.32. The summed E-state index contributed by atoms with van der Waals surface area (Å²) in [6, 6.07) is 11.4. The average Bonchev–Trinajstić information content (AvgIpc) is 2.95. The molecule has 0 saturated carbocycles. The number of para-hydroxylation sites is 1. The van der Waals surface area contributed by atoms with Crippen LogP contribution in [0.2, 0.25) is 0 Å². The molecule has 2 N–H and O–H groups in total. The van der Waals surface area contributed by atoms with Crippen LogP contribution in [0.25, 0.3) is 0 Å². The molecule has 0 amide bonds. The first-order chi connectivity index (χ1) is 11.1. The van der Waals surface area contributed by atoms with Crippen LogP contribution in [0.5, 0.6) is 0 Å². The molecule has 0 aromatic heterocycles. The van der Waals surface area contributed by atoms with E-state index in [1.807, 2.05) is 18.2 Å². The van der Waals surface area contributed by atoms with Gasteiger partial charge in [0, 0.05) is 18.8 Å². The Labute approximate surface area is 134 Å². The summed E-state index contributed by atoms with van der Waals surface area (Å²) >= 11 is 0. The summed E-state index contributed by atoms with van der Waals surface area (Å²) in [5, 5.41) is 13.5. The second-order valence-electron chi connectivity index (χ2n) is 5.82. The van der Waals surface area contributed by atoms with Crippen LogP contribution in [0.15, 0.2) is 42.5 Å². The highest BCUT2D eigenvalue weighted by Crippen LogP contribution is 2.37. The van der Waals surface area contributed by atoms with Crippen molar-refractivity contribution in [3.05, 3.63) is 65.2 Å². The maximum absolute atomic E-state index is 13.7. The van der Waals surface area contributed by atoms with Crippen LogP contribution in [-0.4, -0.2) is 31.3 Å². The second kappa shape index (κ2) is 6.64. The Bertz CT molecular complexity index is 692. The summed E-state index contributed by atoms with van der Waals surface area (Å²) in [4.78, 5) is 2.07. The number of nitrogens with one attached hydrogen (secondary N) is 1. The summed E-state index contributed by atoms with van der Waals surface area (Å²) in [6.07, 6.45) is 0.138. The summed E-state index contributed by atoms with van der Waals surface area (Å²) < 4.78 is 26.9. The van der Waals surface area contributed by atoms with Crippen LogP contribution in [-0.2, 0) is 6.42 Å². The fourth-order valence-electron chi connectivity index (χ4n) is 3.28. The summed E-state index contributed by atoms with van der Waals surface area (Å²) in [5.41, 5.74) is 2.82. The van der Waals surface area contributed by atoms with E-state index in [1.165, 1.54) is 11.6 Å². The minimum Gasteiger partial charge on any atom is -0.389 e. The fraction of sp³-hybridized carbons (Fsp3) is 0.333. The Morgan fingerprint density at radius 3 is 2.70 bits per heavy atom. The molecule has 0 spiro atoms. The van der Waals surface area contributed by atoms with Gasteiger partial charge in [-0.2, -0.15) is 0 Å². The van der Waals surface area contributed by atoms with Gasteiger partial charge in [-0.3, -0.25) is 0 Å². The molecule has 0 bridgehead atoms. The molecule has 1 heterocycles. The van der Waals surface area contributed by atoms with Crippen LogP contribution in [0.3, 0.4) is 0 Å². The number of likely N-dealkylation sites (N-methyl/N-ethyl adjacent to an activating group) is 1. The number of fused-ring (bicyclic) bond motifs is 1. The first-order valence-electron chi connectivity index (χ1n) is 7.74. The van der Waals surface area contributed by atoms with Crippen molar-refractivity contribution in [1.29, 1.82) is 0 Å².